The van der Waals surface area contributed by atoms with Gasteiger partial charge in [-0.2, -0.15) is 18.3 Å². The molecule has 1 aromatic heterocycles. The molecular weight excluding hydrogens is 411 g/mol. The fraction of sp³-hybridized carbons (Fsp3) is 0.524. The van der Waals surface area contributed by atoms with Gasteiger partial charge in [0.05, 0.1) is 20.3 Å². The largest absolute Gasteiger partial charge is 0.493 e. The van der Waals surface area contributed by atoms with E-state index in [1.165, 1.54) is 13.2 Å². The summed E-state index contributed by atoms with van der Waals surface area (Å²) in [6, 6.07) is 5.83. The molecule has 0 atom stereocenters. The van der Waals surface area contributed by atoms with Crippen molar-refractivity contribution in [3.8, 4) is 11.5 Å². The first-order valence-electron chi connectivity index (χ1n) is 10.2. The third-order valence-electron chi connectivity index (χ3n) is 4.39. The normalized spacial score (nSPS) is 12.0. The van der Waals surface area contributed by atoms with E-state index in [-0.39, 0.29) is 12.1 Å². The summed E-state index contributed by atoms with van der Waals surface area (Å²) in [6.45, 7) is 5.46. The van der Waals surface area contributed by atoms with Gasteiger partial charge in [0.1, 0.15) is 0 Å². The number of alkyl halides is 3. The van der Waals surface area contributed by atoms with Crippen LogP contribution in [0.4, 0.5) is 13.2 Å². The lowest BCUT2D eigenvalue weighted by Crippen LogP contribution is -2.37. The second-order valence-electron chi connectivity index (χ2n) is 6.82. The Bertz CT molecular complexity index is 865. The maximum Gasteiger partial charge on any atom is 0.435 e. The molecule has 0 amide bonds. The smallest absolute Gasteiger partial charge is 0.435 e. The van der Waals surface area contributed by atoms with Crippen LogP contribution in [-0.2, 0) is 26.2 Å². The highest BCUT2D eigenvalue weighted by Crippen LogP contribution is 2.31. The van der Waals surface area contributed by atoms with Crippen LogP contribution < -0.4 is 20.1 Å². The second kappa shape index (κ2) is 11.5. The highest BCUT2D eigenvalue weighted by atomic mass is 19.4. The van der Waals surface area contributed by atoms with Gasteiger partial charge in [-0.3, -0.25) is 4.68 Å². The van der Waals surface area contributed by atoms with Crippen molar-refractivity contribution >= 4 is 5.96 Å². The van der Waals surface area contributed by atoms with Crippen molar-refractivity contribution in [1.82, 2.24) is 20.4 Å². The lowest BCUT2D eigenvalue weighted by Gasteiger charge is -2.13. The monoisotopic (exact) mass is 441 g/mol. The lowest BCUT2D eigenvalue weighted by atomic mass is 10.1. The molecule has 0 aliphatic carbocycles. The van der Waals surface area contributed by atoms with Crippen LogP contribution in [0, 0.1) is 0 Å². The predicted molar refractivity (Wildman–Crippen MR) is 114 cm³/mol. The van der Waals surface area contributed by atoms with E-state index >= 15 is 0 Å². The molecule has 0 radical (unpaired) electrons. The number of aryl methyl sites for hydroxylation is 2. The van der Waals surface area contributed by atoms with Gasteiger partial charge in [0.25, 0.3) is 0 Å². The van der Waals surface area contributed by atoms with Crippen LogP contribution in [0.2, 0.25) is 0 Å². The Hall–Kier alpha value is -2.91. The second-order valence-corrected chi connectivity index (χ2v) is 6.82. The molecule has 1 aromatic carbocycles. The number of benzene rings is 1. The number of hydrogen-bond donors (Lipinski definition) is 2. The number of hydrogen-bond acceptors (Lipinski definition) is 4. The minimum absolute atomic E-state index is 0.0360. The first-order chi connectivity index (χ1) is 14.8. The molecule has 0 saturated heterocycles. The molecule has 0 aliphatic heterocycles. The van der Waals surface area contributed by atoms with E-state index in [1.807, 2.05) is 32.0 Å². The highest BCUT2D eigenvalue weighted by Gasteiger charge is 2.36. The number of rotatable bonds is 10. The van der Waals surface area contributed by atoms with Gasteiger partial charge >= 0.3 is 6.18 Å². The average Bonchev–Trinajstić information content (AvgIpc) is 3.11. The van der Waals surface area contributed by atoms with E-state index < -0.39 is 11.9 Å². The molecular formula is C21H30F3N5O2. The summed E-state index contributed by atoms with van der Waals surface area (Å²) in [5.41, 5.74) is 0.242. The summed E-state index contributed by atoms with van der Waals surface area (Å²) in [7, 11) is 3.06. The SMILES string of the molecule is CCNC(=NCc1cn(C)nc1C(F)(F)F)NCCCc1ccc(OC)c(OCC)c1. The molecule has 172 valence electrons. The Morgan fingerprint density at radius 2 is 1.97 bits per heavy atom. The fourth-order valence-corrected chi connectivity index (χ4v) is 3.04. The molecule has 0 bridgehead atoms. The predicted octanol–water partition coefficient (Wildman–Crippen LogP) is 3.53. The standard InChI is InChI=1S/C21H30F3N5O2/c1-5-25-20(27-13-16-14-29(3)28-19(16)21(22,23)24)26-11-7-8-15-9-10-17(30-4)18(12-15)31-6-2/h9-10,12,14H,5-8,11,13H2,1-4H3,(H2,25,26,27). The number of ether oxygens (including phenoxy) is 2. The van der Waals surface area contributed by atoms with Gasteiger partial charge in [-0.15, -0.1) is 0 Å². The van der Waals surface area contributed by atoms with Gasteiger partial charge in [0, 0.05) is 31.9 Å². The molecule has 2 rings (SSSR count). The molecule has 31 heavy (non-hydrogen) atoms. The first-order valence-corrected chi connectivity index (χ1v) is 10.2. The maximum absolute atomic E-state index is 13.1. The van der Waals surface area contributed by atoms with Gasteiger partial charge < -0.3 is 20.1 Å². The third-order valence-corrected chi connectivity index (χ3v) is 4.39. The Balaban J connectivity index is 1.94. The maximum atomic E-state index is 13.1. The molecule has 0 unspecified atom stereocenters. The van der Waals surface area contributed by atoms with Crippen molar-refractivity contribution < 1.29 is 22.6 Å². The van der Waals surface area contributed by atoms with Gasteiger partial charge in [-0.25, -0.2) is 4.99 Å². The zero-order chi connectivity index (χ0) is 22.9. The number of halogens is 3. The van der Waals surface area contributed by atoms with E-state index in [0.29, 0.717) is 37.2 Å². The van der Waals surface area contributed by atoms with Crippen molar-refractivity contribution in [1.29, 1.82) is 0 Å². The number of aliphatic imine (C=N–C) groups is 1. The van der Waals surface area contributed by atoms with E-state index in [9.17, 15) is 13.2 Å². The molecule has 2 aromatic rings. The zero-order valence-corrected chi connectivity index (χ0v) is 18.3. The Morgan fingerprint density at radius 3 is 2.61 bits per heavy atom. The molecule has 0 aliphatic rings. The molecule has 10 heteroatoms. The van der Waals surface area contributed by atoms with Gasteiger partial charge in [-0.05, 0) is 44.4 Å². The Kier molecular flexibility index (Phi) is 9.02. The highest BCUT2D eigenvalue weighted by molar-refractivity contribution is 5.79. The zero-order valence-electron chi connectivity index (χ0n) is 18.3. The number of nitrogens with one attached hydrogen (secondary N) is 2. The molecule has 0 spiro atoms. The van der Waals surface area contributed by atoms with E-state index in [0.717, 1.165) is 23.1 Å². The Morgan fingerprint density at radius 1 is 1.19 bits per heavy atom. The van der Waals surface area contributed by atoms with Gasteiger partial charge in [0.2, 0.25) is 0 Å². The Labute approximate surface area is 180 Å². The molecule has 1 heterocycles. The van der Waals surface area contributed by atoms with E-state index in [1.54, 1.807) is 7.11 Å². The number of guanidine groups is 1. The number of methoxy groups -OCH3 is 1. The third kappa shape index (κ3) is 7.37. The summed E-state index contributed by atoms with van der Waals surface area (Å²) >= 11 is 0. The van der Waals surface area contributed by atoms with E-state index in [4.69, 9.17) is 9.47 Å². The van der Waals surface area contributed by atoms with Crippen molar-refractivity contribution in [2.24, 2.45) is 12.0 Å². The van der Waals surface area contributed by atoms with Crippen molar-refractivity contribution in [3.63, 3.8) is 0 Å². The molecule has 0 saturated carbocycles. The van der Waals surface area contributed by atoms with Crippen LogP contribution in [0.25, 0.3) is 0 Å². The molecule has 0 fully saturated rings. The van der Waals surface area contributed by atoms with Crippen LogP contribution in [0.1, 0.15) is 37.1 Å². The quantitative estimate of drug-likeness (QED) is 0.335. The fourth-order valence-electron chi connectivity index (χ4n) is 3.04. The van der Waals surface area contributed by atoms with E-state index in [2.05, 4.69) is 20.7 Å². The molecule has 2 N–H and O–H groups in total. The van der Waals surface area contributed by atoms with Gasteiger partial charge in [-0.1, -0.05) is 6.07 Å². The minimum Gasteiger partial charge on any atom is -0.493 e. The minimum atomic E-state index is -4.50. The van der Waals surface area contributed by atoms with Crippen LogP contribution in [0.15, 0.2) is 29.4 Å². The lowest BCUT2D eigenvalue weighted by molar-refractivity contribution is -0.142. The van der Waals surface area contributed by atoms with Crippen LogP contribution in [-0.4, -0.2) is 42.5 Å². The molecule has 7 nitrogen and oxygen atoms in total. The van der Waals surface area contributed by atoms with Gasteiger partial charge in [0.15, 0.2) is 23.2 Å². The summed E-state index contributed by atoms with van der Waals surface area (Å²) in [6.07, 6.45) is -1.55. The van der Waals surface area contributed by atoms with Crippen LogP contribution in [0.5, 0.6) is 11.5 Å². The average molecular weight is 441 g/mol. The summed E-state index contributed by atoms with van der Waals surface area (Å²) < 4.78 is 51.3. The van der Waals surface area contributed by atoms with Crippen LogP contribution in [0.3, 0.4) is 0 Å². The topological polar surface area (TPSA) is 72.7 Å². The number of nitrogens with zero attached hydrogens (tertiary/aromatic N) is 3. The summed E-state index contributed by atoms with van der Waals surface area (Å²) in [5, 5.41) is 9.72. The summed E-state index contributed by atoms with van der Waals surface area (Å²) in [4.78, 5) is 4.28. The van der Waals surface area contributed by atoms with Crippen molar-refractivity contribution in [2.75, 3.05) is 26.8 Å². The first kappa shape index (κ1) is 24.4. The number of aromatic nitrogens is 2. The summed E-state index contributed by atoms with van der Waals surface area (Å²) in [5.74, 6) is 1.87. The van der Waals surface area contributed by atoms with Crippen molar-refractivity contribution in [2.45, 2.75) is 39.4 Å². The van der Waals surface area contributed by atoms with Crippen molar-refractivity contribution in [3.05, 3.63) is 41.2 Å². The van der Waals surface area contributed by atoms with Crippen LogP contribution >= 0.6 is 0 Å².